The van der Waals surface area contributed by atoms with E-state index in [0.717, 1.165) is 24.8 Å². The highest BCUT2D eigenvalue weighted by Gasteiger charge is 2.17. The van der Waals surface area contributed by atoms with Gasteiger partial charge in [0.1, 0.15) is 5.82 Å². The Hall–Kier alpha value is -2.75. The molecule has 0 aliphatic carbocycles. The van der Waals surface area contributed by atoms with E-state index in [1.54, 1.807) is 19.1 Å². The molecule has 0 spiro atoms. The number of aryl methyl sites for hydroxylation is 1. The van der Waals surface area contributed by atoms with Gasteiger partial charge >= 0.3 is 0 Å². The summed E-state index contributed by atoms with van der Waals surface area (Å²) in [5.74, 6) is -0.916. The predicted molar refractivity (Wildman–Crippen MR) is 130 cm³/mol. The number of nitrogens with zero attached hydrogens (tertiary/aromatic N) is 1. The minimum absolute atomic E-state index is 0.0555. The van der Waals surface area contributed by atoms with Crippen LogP contribution in [0.5, 0.6) is 0 Å². The first kappa shape index (κ1) is 27.5. The normalized spacial score (nSPS) is 15.3. The van der Waals surface area contributed by atoms with Crippen LogP contribution in [-0.2, 0) is 16.0 Å². The number of aromatic nitrogens is 1. The molecule has 8 nitrogen and oxygen atoms in total. The molecule has 0 radical (unpaired) electrons. The van der Waals surface area contributed by atoms with Gasteiger partial charge in [0.25, 0.3) is 11.5 Å². The first-order chi connectivity index (χ1) is 16.5. The zero-order valence-electron chi connectivity index (χ0n) is 20.2. The molecule has 1 saturated heterocycles. The van der Waals surface area contributed by atoms with Gasteiger partial charge in [-0.2, -0.15) is 0 Å². The summed E-state index contributed by atoms with van der Waals surface area (Å²) in [6.45, 7) is 7.16. The summed E-state index contributed by atoms with van der Waals surface area (Å²) < 4.78 is 27.0. The molecule has 1 aromatic carbocycles. The molecular weight excluding hydrogens is 441 g/mol. The highest BCUT2D eigenvalue weighted by Crippen LogP contribution is 2.23. The lowest BCUT2D eigenvalue weighted by atomic mass is 10.1. The number of pyridine rings is 1. The average Bonchev–Trinajstić information content (AvgIpc) is 2.84. The zero-order chi connectivity index (χ0) is 24.9. The first-order valence-corrected chi connectivity index (χ1v) is 11.9. The largest absolute Gasteiger partial charge is 0.396 e. The van der Waals surface area contributed by atoms with Crippen LogP contribution >= 0.6 is 0 Å². The van der Waals surface area contributed by atoms with Crippen molar-refractivity contribution in [3.63, 3.8) is 0 Å². The molecule has 3 rings (SSSR count). The lowest BCUT2D eigenvalue weighted by Crippen LogP contribution is -2.30. The molecule has 3 N–H and O–H groups in total. The van der Waals surface area contributed by atoms with E-state index in [1.807, 2.05) is 13.8 Å². The number of hydrogen-bond acceptors (Lipinski definition) is 6. The fraction of sp³-hybridized carbons (Fsp3) is 0.520. The molecule has 1 aromatic heterocycles. The van der Waals surface area contributed by atoms with Crippen LogP contribution in [0.15, 0.2) is 35.3 Å². The molecule has 2 aromatic rings. The van der Waals surface area contributed by atoms with Crippen molar-refractivity contribution in [1.29, 1.82) is 0 Å². The summed E-state index contributed by atoms with van der Waals surface area (Å²) in [4.78, 5) is 25.4. The lowest BCUT2D eigenvalue weighted by Gasteiger charge is -2.23. The van der Waals surface area contributed by atoms with Crippen LogP contribution in [0.2, 0.25) is 0 Å². The lowest BCUT2D eigenvalue weighted by molar-refractivity contribution is -0.163. The number of anilines is 2. The number of halogens is 1. The maximum atomic E-state index is 14.3. The van der Waals surface area contributed by atoms with Crippen molar-refractivity contribution in [3.05, 3.63) is 57.8 Å². The van der Waals surface area contributed by atoms with Crippen LogP contribution in [0.25, 0.3) is 0 Å². The maximum absolute atomic E-state index is 14.3. The zero-order valence-corrected chi connectivity index (χ0v) is 20.2. The van der Waals surface area contributed by atoms with Gasteiger partial charge in [-0.15, -0.1) is 0 Å². The van der Waals surface area contributed by atoms with Crippen molar-refractivity contribution >= 4 is 17.3 Å². The number of aliphatic hydroxyl groups excluding tert-OH is 1. The second kappa shape index (κ2) is 14.5. The molecule has 0 bridgehead atoms. The van der Waals surface area contributed by atoms with Gasteiger partial charge in [0.15, 0.2) is 6.29 Å². The van der Waals surface area contributed by atoms with E-state index in [2.05, 4.69) is 10.6 Å². The Kier molecular flexibility index (Phi) is 11.7. The van der Waals surface area contributed by atoms with Crippen LogP contribution < -0.4 is 16.2 Å². The van der Waals surface area contributed by atoms with Gasteiger partial charge < -0.3 is 29.8 Å². The third-order valence-electron chi connectivity index (χ3n) is 5.16. The number of carbonyl (C=O) groups excluding carboxylic acids is 1. The van der Waals surface area contributed by atoms with Gasteiger partial charge in [0.2, 0.25) is 0 Å². The fourth-order valence-corrected chi connectivity index (χ4v) is 3.40. The highest BCUT2D eigenvalue weighted by molar-refractivity contribution is 6.00. The Morgan fingerprint density at radius 1 is 1.26 bits per heavy atom. The molecule has 9 heteroatoms. The van der Waals surface area contributed by atoms with E-state index >= 15 is 0 Å². The van der Waals surface area contributed by atoms with E-state index in [0.29, 0.717) is 13.0 Å². The van der Waals surface area contributed by atoms with Gasteiger partial charge in [-0.05, 0) is 50.3 Å². The Morgan fingerprint density at radius 2 is 2.06 bits per heavy atom. The Morgan fingerprint density at radius 3 is 2.74 bits per heavy atom. The summed E-state index contributed by atoms with van der Waals surface area (Å²) >= 11 is 0. The molecule has 1 aliphatic rings. The number of hydrogen-bond donors (Lipinski definition) is 3. The Labute approximate surface area is 200 Å². The molecule has 1 unspecified atom stereocenters. The maximum Gasteiger partial charge on any atom is 0.254 e. The number of carbonyl (C=O) groups is 1. The predicted octanol–water partition coefficient (Wildman–Crippen LogP) is 3.72. The molecule has 2 heterocycles. The van der Waals surface area contributed by atoms with Crippen LogP contribution in [0.4, 0.5) is 15.8 Å². The van der Waals surface area contributed by atoms with Crippen molar-refractivity contribution in [1.82, 2.24) is 9.88 Å². The fourth-order valence-electron chi connectivity index (χ4n) is 3.40. The number of amides is 1. The Balaban J connectivity index is 0.00000199. The van der Waals surface area contributed by atoms with Crippen molar-refractivity contribution < 1.29 is 23.8 Å². The number of nitrogens with one attached hydrogen (secondary N) is 2. The molecule has 1 aliphatic heterocycles. The van der Waals surface area contributed by atoms with Gasteiger partial charge in [-0.25, -0.2) is 4.39 Å². The average molecular weight is 478 g/mol. The van der Waals surface area contributed by atoms with E-state index in [-0.39, 0.29) is 55.1 Å². The van der Waals surface area contributed by atoms with Gasteiger partial charge in [-0.3, -0.25) is 9.59 Å². The molecule has 1 fully saturated rings. The summed E-state index contributed by atoms with van der Waals surface area (Å²) in [5, 5.41) is 14.5. The van der Waals surface area contributed by atoms with E-state index in [4.69, 9.17) is 14.6 Å². The standard InChI is InChI=1S/C23H30FN3O5.C2H6/c1-16-6-7-19(18(24)13-16)26-20-14-21(29)27(9-12-32-22-5-2-3-11-31-22)15-17(20)23(30)25-8-4-10-28;1-2/h6-7,13-15,22,26,28H,2-5,8-12H2,1H3,(H,25,30);1-2H3. The molecule has 0 saturated carbocycles. The van der Waals surface area contributed by atoms with Crippen LogP contribution in [-0.4, -0.2) is 48.2 Å². The smallest absolute Gasteiger partial charge is 0.254 e. The molecular formula is C25H36FN3O5. The monoisotopic (exact) mass is 477 g/mol. The van der Waals surface area contributed by atoms with Crippen molar-refractivity contribution in [3.8, 4) is 0 Å². The number of aliphatic hydroxyl groups is 1. The van der Waals surface area contributed by atoms with Crippen molar-refractivity contribution in [2.45, 2.75) is 59.3 Å². The molecule has 34 heavy (non-hydrogen) atoms. The summed E-state index contributed by atoms with van der Waals surface area (Å²) in [7, 11) is 0. The number of rotatable bonds is 10. The molecule has 188 valence electrons. The summed E-state index contributed by atoms with van der Waals surface area (Å²) in [6, 6.07) is 5.94. The van der Waals surface area contributed by atoms with Crippen LogP contribution in [0, 0.1) is 12.7 Å². The topological polar surface area (TPSA) is 102 Å². The molecule has 1 atom stereocenters. The second-order valence-corrected chi connectivity index (χ2v) is 7.74. The van der Waals surface area contributed by atoms with Gasteiger partial charge in [0, 0.05) is 38.6 Å². The van der Waals surface area contributed by atoms with E-state index in [1.165, 1.54) is 22.9 Å². The van der Waals surface area contributed by atoms with E-state index < -0.39 is 11.7 Å². The van der Waals surface area contributed by atoms with Gasteiger partial charge in [0.05, 0.1) is 23.5 Å². The highest BCUT2D eigenvalue weighted by atomic mass is 19.1. The summed E-state index contributed by atoms with van der Waals surface area (Å²) in [6.07, 6.45) is 4.44. The third kappa shape index (κ3) is 8.23. The van der Waals surface area contributed by atoms with E-state index in [9.17, 15) is 14.0 Å². The van der Waals surface area contributed by atoms with Crippen LogP contribution in [0.1, 0.15) is 55.5 Å². The first-order valence-electron chi connectivity index (χ1n) is 11.9. The van der Waals surface area contributed by atoms with Gasteiger partial charge in [-0.1, -0.05) is 19.9 Å². The quantitative estimate of drug-likeness (QED) is 0.451. The van der Waals surface area contributed by atoms with Crippen LogP contribution in [0.3, 0.4) is 0 Å². The minimum atomic E-state index is -0.485. The number of ether oxygens (including phenoxy) is 2. The SMILES string of the molecule is CC.Cc1ccc(Nc2cc(=O)n(CCOC3CCCCO3)cc2C(=O)NCCCO)c(F)c1. The third-order valence-corrected chi connectivity index (χ3v) is 5.16. The minimum Gasteiger partial charge on any atom is -0.396 e. The Bertz CT molecular complexity index is 974. The summed E-state index contributed by atoms with van der Waals surface area (Å²) in [5.41, 5.74) is 0.964. The second-order valence-electron chi connectivity index (χ2n) is 7.74. The molecule has 1 amide bonds. The van der Waals surface area contributed by atoms with Crippen molar-refractivity contribution in [2.75, 3.05) is 31.7 Å². The number of benzene rings is 1. The van der Waals surface area contributed by atoms with Crippen molar-refractivity contribution in [2.24, 2.45) is 0 Å².